The van der Waals surface area contributed by atoms with Gasteiger partial charge in [0.15, 0.2) is 0 Å². The third-order valence-corrected chi connectivity index (χ3v) is 11.3. The van der Waals surface area contributed by atoms with Crippen LogP contribution >= 0.6 is 0 Å². The van der Waals surface area contributed by atoms with Crippen LogP contribution in [0.2, 0.25) is 0 Å². The molecule has 4 aliphatic rings. The summed E-state index contributed by atoms with van der Waals surface area (Å²) in [5, 5.41) is 10.6. The number of amides is 4. The number of aromatic nitrogens is 1. The fraction of sp³-hybridized carbons (Fsp3) is 0.541. The van der Waals surface area contributed by atoms with E-state index in [1.807, 2.05) is 36.2 Å². The molecule has 3 aromatic rings. The molecule has 3 saturated heterocycles. The van der Waals surface area contributed by atoms with Gasteiger partial charge in [-0.1, -0.05) is 49.4 Å². The average molecular weight is 625 g/mol. The summed E-state index contributed by atoms with van der Waals surface area (Å²) in [4.78, 5) is 48.9. The first kappa shape index (κ1) is 30.8. The molecule has 1 aliphatic carbocycles. The number of aromatic amines is 1. The molecule has 1 aromatic heterocycles. The summed E-state index contributed by atoms with van der Waals surface area (Å²) in [6.45, 7) is 6.67. The quantitative estimate of drug-likeness (QED) is 0.317. The number of benzene rings is 2. The highest BCUT2D eigenvalue weighted by atomic mass is 16.2. The standard InChI is InChI=1S/C37H48N6O3/c1-25(30-24-39-32-14-6-4-12-28(30)32)33(41-36(46)40-26-10-9-17-38-23-26)35(45)43-20-15-37(16-21-43)22-29(27-11-3-5-13-31(27)37)34(44)42-18-7-2-8-19-42/h3-6,11-14,24-26,29,33,38-39H,2,7-10,15-23H2,1H3,(H2,40,41,46)/t25?,26?,29-,33?/m1/s1. The normalized spacial score (nSPS) is 23.9. The van der Waals surface area contributed by atoms with Crippen LogP contribution in [0.15, 0.2) is 54.7 Å². The van der Waals surface area contributed by atoms with Gasteiger partial charge in [-0.25, -0.2) is 4.79 Å². The minimum Gasteiger partial charge on any atom is -0.361 e. The van der Waals surface area contributed by atoms with Crippen molar-refractivity contribution < 1.29 is 14.4 Å². The van der Waals surface area contributed by atoms with Gasteiger partial charge in [0.25, 0.3) is 0 Å². The largest absolute Gasteiger partial charge is 0.361 e. The maximum Gasteiger partial charge on any atom is 0.315 e. The van der Waals surface area contributed by atoms with Gasteiger partial charge in [0.1, 0.15) is 6.04 Å². The van der Waals surface area contributed by atoms with Crippen molar-refractivity contribution in [1.29, 1.82) is 0 Å². The minimum atomic E-state index is -0.714. The Morgan fingerprint density at radius 1 is 0.913 bits per heavy atom. The number of carbonyl (C=O) groups excluding carboxylic acids is 3. The Morgan fingerprint density at radius 2 is 1.67 bits per heavy atom. The number of H-pyrrole nitrogens is 1. The van der Waals surface area contributed by atoms with Crippen molar-refractivity contribution in [3.8, 4) is 0 Å². The summed E-state index contributed by atoms with van der Waals surface area (Å²) in [7, 11) is 0. The Labute approximate surface area is 271 Å². The molecule has 9 nitrogen and oxygen atoms in total. The third kappa shape index (κ3) is 5.90. The van der Waals surface area contributed by atoms with Gasteiger partial charge in [0.05, 0.1) is 5.92 Å². The van der Waals surface area contributed by atoms with Crippen molar-refractivity contribution in [2.75, 3.05) is 39.3 Å². The average Bonchev–Trinajstić information content (AvgIpc) is 3.67. The number of hydrogen-bond acceptors (Lipinski definition) is 4. The van der Waals surface area contributed by atoms with Gasteiger partial charge >= 0.3 is 6.03 Å². The van der Waals surface area contributed by atoms with Crippen molar-refractivity contribution >= 4 is 28.7 Å². The van der Waals surface area contributed by atoms with Crippen LogP contribution in [-0.4, -0.2) is 84.0 Å². The number of para-hydroxylation sites is 1. The first-order valence-corrected chi connectivity index (χ1v) is 17.4. The Balaban J connectivity index is 1.09. The maximum absolute atomic E-state index is 14.4. The van der Waals surface area contributed by atoms with Crippen LogP contribution in [0.4, 0.5) is 4.79 Å². The molecule has 4 amide bonds. The second kappa shape index (κ2) is 13.1. The van der Waals surface area contributed by atoms with Crippen molar-refractivity contribution in [2.24, 2.45) is 0 Å². The Bertz CT molecular complexity index is 1560. The highest BCUT2D eigenvalue weighted by Crippen LogP contribution is 2.52. The van der Waals surface area contributed by atoms with Crippen molar-refractivity contribution in [1.82, 2.24) is 30.7 Å². The summed E-state index contributed by atoms with van der Waals surface area (Å²) < 4.78 is 0. The lowest BCUT2D eigenvalue weighted by Gasteiger charge is -2.42. The highest BCUT2D eigenvalue weighted by molar-refractivity contribution is 5.91. The number of hydrogen-bond donors (Lipinski definition) is 4. The molecule has 1 spiro atoms. The summed E-state index contributed by atoms with van der Waals surface area (Å²) in [5.41, 5.74) is 4.40. The number of piperidine rings is 3. The van der Waals surface area contributed by atoms with Gasteiger partial charge in [-0.05, 0) is 80.7 Å². The van der Waals surface area contributed by atoms with E-state index in [1.165, 1.54) is 17.5 Å². The zero-order valence-electron chi connectivity index (χ0n) is 27.0. The van der Waals surface area contributed by atoms with E-state index in [2.05, 4.69) is 56.2 Å². The lowest BCUT2D eigenvalue weighted by Crippen LogP contribution is -2.57. The fourth-order valence-electron chi connectivity index (χ4n) is 8.67. The molecule has 3 unspecified atom stereocenters. The van der Waals surface area contributed by atoms with Crippen LogP contribution in [0.3, 0.4) is 0 Å². The first-order chi connectivity index (χ1) is 22.4. The zero-order valence-corrected chi connectivity index (χ0v) is 27.0. The molecule has 0 saturated carbocycles. The predicted octanol–water partition coefficient (Wildman–Crippen LogP) is 4.75. The van der Waals surface area contributed by atoms with Gasteiger partial charge in [0.2, 0.25) is 11.8 Å². The van der Waals surface area contributed by atoms with E-state index >= 15 is 0 Å². The van der Waals surface area contributed by atoms with Crippen LogP contribution in [0, 0.1) is 0 Å². The number of fused-ring (bicyclic) bond motifs is 3. The molecule has 9 heteroatoms. The topological polar surface area (TPSA) is 110 Å². The number of rotatable bonds is 6. The maximum atomic E-state index is 14.4. The molecule has 3 aliphatic heterocycles. The second-order valence-electron chi connectivity index (χ2n) is 14.1. The lowest BCUT2D eigenvalue weighted by atomic mass is 9.73. The van der Waals surface area contributed by atoms with E-state index in [1.54, 1.807) is 0 Å². The fourth-order valence-corrected chi connectivity index (χ4v) is 8.67. The number of carbonyl (C=O) groups is 3. The van der Waals surface area contributed by atoms with Crippen molar-refractivity contribution in [3.05, 3.63) is 71.4 Å². The van der Waals surface area contributed by atoms with Crippen LogP contribution in [0.1, 0.15) is 86.8 Å². The molecule has 0 radical (unpaired) electrons. The number of urea groups is 1. The van der Waals surface area contributed by atoms with Crippen LogP contribution in [0.5, 0.6) is 0 Å². The number of nitrogens with zero attached hydrogens (tertiary/aromatic N) is 2. The van der Waals surface area contributed by atoms with Crippen LogP contribution < -0.4 is 16.0 Å². The van der Waals surface area contributed by atoms with Crippen LogP contribution in [-0.2, 0) is 15.0 Å². The van der Waals surface area contributed by atoms with E-state index < -0.39 is 6.04 Å². The molecule has 4 N–H and O–H groups in total. The molecule has 0 bridgehead atoms. The van der Waals surface area contributed by atoms with Gasteiger partial charge in [-0.15, -0.1) is 0 Å². The SMILES string of the molecule is CC(c1c[nH]c2ccccc12)C(NC(=O)NC1CCCNC1)C(=O)N1CCC2(CC1)C[C@@H](C(=O)N1CCCCC1)c1ccccc12. The van der Waals surface area contributed by atoms with Crippen molar-refractivity contribution in [3.63, 3.8) is 0 Å². The number of nitrogens with one attached hydrogen (secondary N) is 4. The highest BCUT2D eigenvalue weighted by Gasteiger charge is 2.49. The summed E-state index contributed by atoms with van der Waals surface area (Å²) in [6.07, 6.45) is 9.73. The van der Waals surface area contributed by atoms with Crippen molar-refractivity contribution in [2.45, 2.75) is 87.6 Å². The van der Waals surface area contributed by atoms with Gasteiger partial charge in [0, 0.05) is 67.2 Å². The summed E-state index contributed by atoms with van der Waals surface area (Å²) in [5.74, 6) is -0.116. The Kier molecular flexibility index (Phi) is 8.77. The zero-order chi connectivity index (χ0) is 31.7. The molecule has 4 atom stereocenters. The number of likely N-dealkylation sites (tertiary alicyclic amines) is 2. The molecule has 244 valence electrons. The lowest BCUT2D eigenvalue weighted by molar-refractivity contribution is -0.136. The summed E-state index contributed by atoms with van der Waals surface area (Å²) >= 11 is 0. The molecule has 2 aromatic carbocycles. The monoisotopic (exact) mass is 624 g/mol. The van der Waals surface area contributed by atoms with Crippen LogP contribution in [0.25, 0.3) is 10.9 Å². The summed E-state index contributed by atoms with van der Waals surface area (Å²) in [6, 6.07) is 15.7. The van der Waals surface area contributed by atoms with Gasteiger partial charge in [-0.3, -0.25) is 9.59 Å². The van der Waals surface area contributed by atoms with E-state index in [-0.39, 0.29) is 41.1 Å². The van der Waals surface area contributed by atoms with E-state index in [9.17, 15) is 14.4 Å². The van der Waals surface area contributed by atoms with E-state index in [0.29, 0.717) is 13.1 Å². The molecule has 7 rings (SSSR count). The third-order valence-electron chi connectivity index (χ3n) is 11.3. The Morgan fingerprint density at radius 3 is 2.46 bits per heavy atom. The second-order valence-corrected chi connectivity index (χ2v) is 14.1. The van der Waals surface area contributed by atoms with E-state index in [4.69, 9.17) is 0 Å². The smallest absolute Gasteiger partial charge is 0.315 e. The molecule has 46 heavy (non-hydrogen) atoms. The Hall–Kier alpha value is -3.85. The van der Waals surface area contributed by atoms with Gasteiger partial charge < -0.3 is 30.7 Å². The van der Waals surface area contributed by atoms with E-state index in [0.717, 1.165) is 87.6 Å². The van der Waals surface area contributed by atoms with Gasteiger partial charge in [-0.2, -0.15) is 0 Å². The molecular weight excluding hydrogens is 576 g/mol. The predicted molar refractivity (Wildman–Crippen MR) is 180 cm³/mol. The first-order valence-electron chi connectivity index (χ1n) is 17.4. The minimum absolute atomic E-state index is 0.0447. The molecule has 4 heterocycles. The molecular formula is C37H48N6O3. The molecule has 3 fully saturated rings.